The zero-order valence-electron chi connectivity index (χ0n) is 6.91. The van der Waals surface area contributed by atoms with E-state index in [9.17, 15) is 4.79 Å². The molecule has 0 heterocycles. The molecule has 12 heavy (non-hydrogen) atoms. The third-order valence-corrected chi connectivity index (χ3v) is 1.59. The summed E-state index contributed by atoms with van der Waals surface area (Å²) in [6.07, 6.45) is 1.63. The molecular weight excluding hydrogens is 152 g/mol. The quantitative estimate of drug-likeness (QED) is 0.622. The molecule has 0 fully saturated rings. The Balaban J connectivity index is 3.13. The van der Waals surface area contributed by atoms with Crippen molar-refractivity contribution in [1.29, 1.82) is 0 Å². The van der Waals surface area contributed by atoms with E-state index in [0.29, 0.717) is 5.56 Å². The Morgan fingerprint density at radius 3 is 2.75 bits per heavy atom. The average Bonchev–Trinajstić information content (AvgIpc) is 2.16. The highest BCUT2D eigenvalue weighted by Crippen LogP contribution is 2.10. The van der Waals surface area contributed by atoms with Crippen LogP contribution >= 0.6 is 0 Å². The maximum absolute atomic E-state index is 11.1. The lowest BCUT2D eigenvalue weighted by Gasteiger charge is -2.01. The zero-order valence-corrected chi connectivity index (χ0v) is 6.91. The van der Waals surface area contributed by atoms with Crippen LogP contribution in [0.2, 0.25) is 0 Å². The zero-order chi connectivity index (χ0) is 8.97. The van der Waals surface area contributed by atoms with E-state index in [0.717, 1.165) is 5.56 Å². The summed E-state index contributed by atoms with van der Waals surface area (Å²) in [6.45, 7) is 3.60. The number of carbonyl (C=O) groups is 1. The van der Waals surface area contributed by atoms with Gasteiger partial charge in [-0.25, -0.2) is 4.79 Å². The van der Waals surface area contributed by atoms with E-state index in [4.69, 9.17) is 0 Å². The average molecular weight is 162 g/mol. The Bertz CT molecular complexity index is 302. The van der Waals surface area contributed by atoms with Gasteiger partial charge in [-0.2, -0.15) is 0 Å². The topological polar surface area (TPSA) is 26.3 Å². The molecule has 1 aromatic carbocycles. The van der Waals surface area contributed by atoms with E-state index in [1.807, 2.05) is 12.1 Å². The number of ether oxygens (including phenoxy) is 1. The number of esters is 1. The molecule has 0 aliphatic carbocycles. The lowest BCUT2D eigenvalue weighted by molar-refractivity contribution is 0.0600. The SMILES string of the molecule is C=Cc1ccccc1C(=O)OC. The third-order valence-electron chi connectivity index (χ3n) is 1.59. The normalized spacial score (nSPS) is 9.08. The van der Waals surface area contributed by atoms with Crippen LogP contribution in [0.5, 0.6) is 0 Å². The van der Waals surface area contributed by atoms with Crippen LogP contribution in [-0.4, -0.2) is 13.1 Å². The highest BCUT2D eigenvalue weighted by atomic mass is 16.5. The molecule has 2 heteroatoms. The molecule has 0 N–H and O–H groups in total. The van der Waals surface area contributed by atoms with Gasteiger partial charge >= 0.3 is 5.97 Å². The van der Waals surface area contributed by atoms with Crippen molar-refractivity contribution in [3.05, 3.63) is 42.0 Å². The maximum Gasteiger partial charge on any atom is 0.338 e. The Labute approximate surface area is 71.5 Å². The number of rotatable bonds is 2. The first-order valence-electron chi connectivity index (χ1n) is 3.59. The van der Waals surface area contributed by atoms with Gasteiger partial charge in [0.1, 0.15) is 0 Å². The molecule has 0 spiro atoms. The predicted molar refractivity (Wildman–Crippen MR) is 47.9 cm³/mol. The van der Waals surface area contributed by atoms with Crippen molar-refractivity contribution in [3.8, 4) is 0 Å². The Hall–Kier alpha value is -1.57. The van der Waals surface area contributed by atoms with Crippen molar-refractivity contribution in [3.63, 3.8) is 0 Å². The van der Waals surface area contributed by atoms with Crippen molar-refractivity contribution >= 4 is 12.0 Å². The fourth-order valence-electron chi connectivity index (χ4n) is 0.971. The van der Waals surface area contributed by atoms with Gasteiger partial charge in [-0.05, 0) is 11.6 Å². The van der Waals surface area contributed by atoms with Crippen LogP contribution in [0.1, 0.15) is 15.9 Å². The second kappa shape index (κ2) is 3.72. The van der Waals surface area contributed by atoms with Crippen molar-refractivity contribution < 1.29 is 9.53 Å². The minimum Gasteiger partial charge on any atom is -0.465 e. The highest BCUT2D eigenvalue weighted by molar-refractivity contribution is 5.93. The summed E-state index contributed by atoms with van der Waals surface area (Å²) in [7, 11) is 1.36. The van der Waals surface area contributed by atoms with Crippen LogP contribution < -0.4 is 0 Å². The number of hydrogen-bond donors (Lipinski definition) is 0. The molecule has 0 radical (unpaired) electrons. The molecule has 1 rings (SSSR count). The molecule has 2 nitrogen and oxygen atoms in total. The van der Waals surface area contributed by atoms with Crippen molar-refractivity contribution in [2.45, 2.75) is 0 Å². The van der Waals surface area contributed by atoms with Gasteiger partial charge in [0.25, 0.3) is 0 Å². The van der Waals surface area contributed by atoms with E-state index < -0.39 is 0 Å². The summed E-state index contributed by atoms with van der Waals surface area (Å²) in [5, 5.41) is 0. The first-order valence-corrected chi connectivity index (χ1v) is 3.59. The Morgan fingerprint density at radius 2 is 2.17 bits per heavy atom. The van der Waals surface area contributed by atoms with E-state index in [1.54, 1.807) is 18.2 Å². The van der Waals surface area contributed by atoms with Gasteiger partial charge in [-0.15, -0.1) is 0 Å². The molecule has 0 aliphatic rings. The molecule has 0 saturated heterocycles. The van der Waals surface area contributed by atoms with Crippen LogP contribution in [-0.2, 0) is 4.74 Å². The third kappa shape index (κ3) is 1.53. The smallest absolute Gasteiger partial charge is 0.338 e. The summed E-state index contributed by atoms with van der Waals surface area (Å²) < 4.78 is 4.59. The number of methoxy groups -OCH3 is 1. The van der Waals surface area contributed by atoms with Gasteiger partial charge < -0.3 is 4.74 Å². The van der Waals surface area contributed by atoms with Crippen LogP contribution in [0.15, 0.2) is 30.8 Å². The van der Waals surface area contributed by atoms with Crippen molar-refractivity contribution in [2.24, 2.45) is 0 Å². The van der Waals surface area contributed by atoms with E-state index in [1.165, 1.54) is 7.11 Å². The van der Waals surface area contributed by atoms with Crippen LogP contribution in [0, 0.1) is 0 Å². The van der Waals surface area contributed by atoms with Gasteiger partial charge in [0.05, 0.1) is 12.7 Å². The van der Waals surface area contributed by atoms with Gasteiger partial charge in [0.2, 0.25) is 0 Å². The van der Waals surface area contributed by atoms with Gasteiger partial charge in [-0.1, -0.05) is 30.9 Å². The Kier molecular flexibility index (Phi) is 2.64. The van der Waals surface area contributed by atoms with Gasteiger partial charge in [0.15, 0.2) is 0 Å². The minimum atomic E-state index is -0.328. The summed E-state index contributed by atoms with van der Waals surface area (Å²) in [5.74, 6) is -0.328. The van der Waals surface area contributed by atoms with Gasteiger partial charge in [-0.3, -0.25) is 0 Å². The molecule has 0 aromatic heterocycles. The van der Waals surface area contributed by atoms with Crippen molar-refractivity contribution in [1.82, 2.24) is 0 Å². The monoisotopic (exact) mass is 162 g/mol. The number of benzene rings is 1. The van der Waals surface area contributed by atoms with E-state index in [2.05, 4.69) is 11.3 Å². The second-order valence-electron chi connectivity index (χ2n) is 2.28. The molecule has 0 aliphatic heterocycles. The molecule has 0 bridgehead atoms. The van der Waals surface area contributed by atoms with E-state index >= 15 is 0 Å². The fourth-order valence-corrected chi connectivity index (χ4v) is 0.971. The molecule has 0 saturated carbocycles. The lowest BCUT2D eigenvalue weighted by atomic mass is 10.1. The highest BCUT2D eigenvalue weighted by Gasteiger charge is 2.07. The fraction of sp³-hybridized carbons (Fsp3) is 0.100. The molecule has 0 unspecified atom stereocenters. The maximum atomic E-state index is 11.1. The predicted octanol–water partition coefficient (Wildman–Crippen LogP) is 2.12. The number of carbonyl (C=O) groups excluding carboxylic acids is 1. The van der Waals surface area contributed by atoms with Crippen LogP contribution in [0.25, 0.3) is 6.08 Å². The lowest BCUT2D eigenvalue weighted by Crippen LogP contribution is -2.02. The molecule has 0 atom stereocenters. The molecule has 0 amide bonds. The second-order valence-corrected chi connectivity index (χ2v) is 2.28. The first-order chi connectivity index (χ1) is 5.79. The molecular formula is C10H10O2. The summed E-state index contributed by atoms with van der Waals surface area (Å²) >= 11 is 0. The molecule has 1 aromatic rings. The number of hydrogen-bond acceptors (Lipinski definition) is 2. The van der Waals surface area contributed by atoms with E-state index in [-0.39, 0.29) is 5.97 Å². The summed E-state index contributed by atoms with van der Waals surface area (Å²) in [6, 6.07) is 7.17. The summed E-state index contributed by atoms with van der Waals surface area (Å²) in [4.78, 5) is 11.1. The van der Waals surface area contributed by atoms with Crippen LogP contribution in [0.3, 0.4) is 0 Å². The largest absolute Gasteiger partial charge is 0.465 e. The molecule has 62 valence electrons. The van der Waals surface area contributed by atoms with Crippen molar-refractivity contribution in [2.75, 3.05) is 7.11 Å². The standard InChI is InChI=1S/C10H10O2/c1-3-8-6-4-5-7-9(8)10(11)12-2/h3-7H,1H2,2H3. The van der Waals surface area contributed by atoms with Gasteiger partial charge in [0, 0.05) is 0 Å². The minimum absolute atomic E-state index is 0.328. The summed E-state index contributed by atoms with van der Waals surface area (Å²) in [5.41, 5.74) is 1.35. The Morgan fingerprint density at radius 1 is 1.50 bits per heavy atom. The first kappa shape index (κ1) is 8.53. The van der Waals surface area contributed by atoms with Crippen LogP contribution in [0.4, 0.5) is 0 Å².